The van der Waals surface area contributed by atoms with E-state index in [1.54, 1.807) is 47.1 Å². The molecule has 0 unspecified atom stereocenters. The van der Waals surface area contributed by atoms with Gasteiger partial charge in [-0.25, -0.2) is 4.98 Å². The molecule has 0 N–H and O–H groups in total. The van der Waals surface area contributed by atoms with E-state index in [0.29, 0.717) is 16.7 Å². The standard InChI is InChI=1S/C16H18N4O2/c1-4-12(13-8-9-18-19(13)2)20-10-17-15-11(16(20)21)6-5-7-14(15)22-3/h5-10,12H,4H2,1-3H3/t12-/m0/s1. The average Bonchev–Trinajstić information content (AvgIpc) is 2.96. The fourth-order valence-electron chi connectivity index (χ4n) is 2.79. The summed E-state index contributed by atoms with van der Waals surface area (Å²) in [6.07, 6.45) is 4.10. The van der Waals surface area contributed by atoms with Gasteiger partial charge in [0, 0.05) is 13.2 Å². The molecular formula is C16H18N4O2. The van der Waals surface area contributed by atoms with E-state index in [-0.39, 0.29) is 11.6 Å². The average molecular weight is 298 g/mol. The number of fused-ring (bicyclic) bond motifs is 1. The van der Waals surface area contributed by atoms with Crippen LogP contribution in [0.15, 0.2) is 41.6 Å². The number of aryl methyl sites for hydroxylation is 1. The lowest BCUT2D eigenvalue weighted by Crippen LogP contribution is -2.27. The van der Waals surface area contributed by atoms with Gasteiger partial charge in [0.15, 0.2) is 0 Å². The van der Waals surface area contributed by atoms with E-state index < -0.39 is 0 Å². The zero-order valence-corrected chi connectivity index (χ0v) is 12.9. The Morgan fingerprint density at radius 2 is 2.14 bits per heavy atom. The van der Waals surface area contributed by atoms with Gasteiger partial charge in [-0.05, 0) is 24.6 Å². The minimum atomic E-state index is -0.0944. The molecule has 0 aliphatic carbocycles. The Labute approximate surface area is 128 Å². The van der Waals surface area contributed by atoms with Gasteiger partial charge in [-0.15, -0.1) is 0 Å². The van der Waals surface area contributed by atoms with E-state index in [1.165, 1.54) is 0 Å². The minimum Gasteiger partial charge on any atom is -0.494 e. The summed E-state index contributed by atoms with van der Waals surface area (Å²) in [5, 5.41) is 4.75. The summed E-state index contributed by atoms with van der Waals surface area (Å²) in [5.41, 5.74) is 1.50. The van der Waals surface area contributed by atoms with Gasteiger partial charge in [0.1, 0.15) is 11.3 Å². The Bertz CT molecular complexity index is 866. The number of benzene rings is 1. The van der Waals surface area contributed by atoms with Crippen molar-refractivity contribution in [2.45, 2.75) is 19.4 Å². The van der Waals surface area contributed by atoms with Gasteiger partial charge in [0.25, 0.3) is 5.56 Å². The Morgan fingerprint density at radius 3 is 2.77 bits per heavy atom. The Hall–Kier alpha value is -2.63. The number of hydrogen-bond acceptors (Lipinski definition) is 4. The summed E-state index contributed by atoms with van der Waals surface area (Å²) in [5.74, 6) is 0.607. The van der Waals surface area contributed by atoms with E-state index in [0.717, 1.165) is 12.1 Å². The maximum Gasteiger partial charge on any atom is 0.261 e. The van der Waals surface area contributed by atoms with Crippen LogP contribution in [0.4, 0.5) is 0 Å². The molecule has 0 saturated carbocycles. The van der Waals surface area contributed by atoms with E-state index >= 15 is 0 Å². The summed E-state index contributed by atoms with van der Waals surface area (Å²) >= 11 is 0. The van der Waals surface area contributed by atoms with Gasteiger partial charge in [-0.2, -0.15) is 5.10 Å². The van der Waals surface area contributed by atoms with Crippen LogP contribution in [0.1, 0.15) is 25.1 Å². The SMILES string of the molecule is CC[C@@H](c1ccnn1C)n1cnc2c(OC)cccc2c1=O. The molecule has 1 atom stereocenters. The zero-order chi connectivity index (χ0) is 15.7. The molecule has 0 saturated heterocycles. The third-order valence-corrected chi connectivity index (χ3v) is 3.92. The monoisotopic (exact) mass is 298 g/mol. The molecule has 1 aromatic carbocycles. The maximum atomic E-state index is 12.8. The molecule has 6 nitrogen and oxygen atoms in total. The Kier molecular flexibility index (Phi) is 3.66. The molecule has 3 aromatic rings. The van der Waals surface area contributed by atoms with Crippen LogP contribution < -0.4 is 10.3 Å². The second-order valence-electron chi connectivity index (χ2n) is 5.12. The highest BCUT2D eigenvalue weighted by Gasteiger charge is 2.18. The number of ether oxygens (including phenoxy) is 1. The van der Waals surface area contributed by atoms with Crippen LogP contribution in [0.3, 0.4) is 0 Å². The Morgan fingerprint density at radius 1 is 1.32 bits per heavy atom. The molecule has 0 radical (unpaired) electrons. The Balaban J connectivity index is 2.22. The molecule has 22 heavy (non-hydrogen) atoms. The summed E-state index contributed by atoms with van der Waals surface area (Å²) in [7, 11) is 3.45. The van der Waals surface area contributed by atoms with Gasteiger partial charge >= 0.3 is 0 Å². The van der Waals surface area contributed by atoms with E-state index in [1.807, 2.05) is 20.0 Å². The van der Waals surface area contributed by atoms with E-state index in [9.17, 15) is 4.79 Å². The highest BCUT2D eigenvalue weighted by Crippen LogP contribution is 2.23. The zero-order valence-electron chi connectivity index (χ0n) is 12.9. The van der Waals surface area contributed by atoms with Gasteiger partial charge in [0.05, 0.1) is 30.6 Å². The fraction of sp³-hybridized carbons (Fsp3) is 0.312. The fourth-order valence-corrected chi connectivity index (χ4v) is 2.79. The molecule has 2 heterocycles. The number of rotatable bonds is 4. The summed E-state index contributed by atoms with van der Waals surface area (Å²) in [4.78, 5) is 17.3. The topological polar surface area (TPSA) is 61.9 Å². The molecule has 0 aliphatic heterocycles. The van der Waals surface area contributed by atoms with Crippen molar-refractivity contribution in [1.82, 2.24) is 19.3 Å². The largest absolute Gasteiger partial charge is 0.494 e. The number of nitrogens with zero attached hydrogens (tertiary/aromatic N) is 4. The highest BCUT2D eigenvalue weighted by molar-refractivity contribution is 5.83. The summed E-state index contributed by atoms with van der Waals surface area (Å²) in [6.45, 7) is 2.04. The normalized spacial score (nSPS) is 12.5. The highest BCUT2D eigenvalue weighted by atomic mass is 16.5. The van der Waals surface area contributed by atoms with Crippen molar-refractivity contribution < 1.29 is 4.74 Å². The minimum absolute atomic E-state index is 0.0723. The van der Waals surface area contributed by atoms with Gasteiger partial charge in [-0.1, -0.05) is 13.0 Å². The first kappa shape index (κ1) is 14.3. The van der Waals surface area contributed by atoms with Crippen molar-refractivity contribution in [3.63, 3.8) is 0 Å². The van der Waals surface area contributed by atoms with Crippen molar-refractivity contribution in [2.75, 3.05) is 7.11 Å². The third kappa shape index (κ3) is 2.16. The second-order valence-corrected chi connectivity index (χ2v) is 5.12. The van der Waals surface area contributed by atoms with Gasteiger partial charge in [-0.3, -0.25) is 14.0 Å². The first-order valence-corrected chi connectivity index (χ1v) is 7.19. The quantitative estimate of drug-likeness (QED) is 0.740. The number of para-hydroxylation sites is 1. The maximum absolute atomic E-state index is 12.8. The van der Waals surface area contributed by atoms with E-state index in [4.69, 9.17) is 4.74 Å². The number of hydrogen-bond donors (Lipinski definition) is 0. The molecular weight excluding hydrogens is 280 g/mol. The second kappa shape index (κ2) is 5.63. The van der Waals surface area contributed by atoms with Crippen LogP contribution in [-0.4, -0.2) is 26.4 Å². The van der Waals surface area contributed by atoms with Crippen LogP contribution >= 0.6 is 0 Å². The molecule has 2 aromatic heterocycles. The lowest BCUT2D eigenvalue weighted by atomic mass is 10.1. The lowest BCUT2D eigenvalue weighted by Gasteiger charge is -2.18. The van der Waals surface area contributed by atoms with Crippen molar-refractivity contribution in [3.05, 3.63) is 52.8 Å². The van der Waals surface area contributed by atoms with Crippen molar-refractivity contribution in [3.8, 4) is 5.75 Å². The van der Waals surface area contributed by atoms with Crippen LogP contribution in [0.25, 0.3) is 10.9 Å². The molecule has 0 fully saturated rings. The predicted octanol–water partition coefficient (Wildman–Crippen LogP) is 2.14. The van der Waals surface area contributed by atoms with Crippen molar-refractivity contribution >= 4 is 10.9 Å². The van der Waals surface area contributed by atoms with Crippen LogP contribution in [0, 0.1) is 0 Å². The first-order chi connectivity index (χ1) is 10.7. The molecule has 0 bridgehead atoms. The summed E-state index contributed by atoms with van der Waals surface area (Å²) in [6, 6.07) is 7.22. The number of aromatic nitrogens is 4. The lowest BCUT2D eigenvalue weighted by molar-refractivity contribution is 0.418. The van der Waals surface area contributed by atoms with Crippen molar-refractivity contribution in [1.29, 1.82) is 0 Å². The van der Waals surface area contributed by atoms with Crippen LogP contribution in [-0.2, 0) is 7.05 Å². The van der Waals surface area contributed by atoms with Gasteiger partial charge in [0.2, 0.25) is 0 Å². The summed E-state index contributed by atoms with van der Waals surface area (Å²) < 4.78 is 8.73. The third-order valence-electron chi connectivity index (χ3n) is 3.92. The molecule has 0 amide bonds. The molecule has 0 aliphatic rings. The smallest absolute Gasteiger partial charge is 0.261 e. The van der Waals surface area contributed by atoms with Gasteiger partial charge < -0.3 is 4.74 Å². The molecule has 6 heteroatoms. The first-order valence-electron chi connectivity index (χ1n) is 7.19. The van der Waals surface area contributed by atoms with Crippen LogP contribution in [0.5, 0.6) is 5.75 Å². The molecule has 3 rings (SSSR count). The molecule has 114 valence electrons. The number of methoxy groups -OCH3 is 1. The molecule has 0 spiro atoms. The van der Waals surface area contributed by atoms with E-state index in [2.05, 4.69) is 10.1 Å². The van der Waals surface area contributed by atoms with Crippen molar-refractivity contribution in [2.24, 2.45) is 7.05 Å². The predicted molar refractivity (Wildman–Crippen MR) is 84.2 cm³/mol. The van der Waals surface area contributed by atoms with Crippen LogP contribution in [0.2, 0.25) is 0 Å².